The van der Waals surface area contributed by atoms with Crippen molar-refractivity contribution in [1.82, 2.24) is 14.9 Å². The first kappa shape index (κ1) is 17.2. The number of nitrogens with zero attached hydrogens (tertiary/aromatic N) is 3. The van der Waals surface area contributed by atoms with Gasteiger partial charge in [-0.05, 0) is 50.5 Å². The van der Waals surface area contributed by atoms with E-state index < -0.39 is 5.60 Å². The third-order valence-corrected chi connectivity index (χ3v) is 3.89. The van der Waals surface area contributed by atoms with E-state index in [1.54, 1.807) is 11.1 Å². The van der Waals surface area contributed by atoms with Gasteiger partial charge in [0.25, 0.3) is 0 Å². The number of nitrogens with one attached hydrogen (secondary N) is 1. The molecule has 1 aromatic heterocycles. The van der Waals surface area contributed by atoms with Gasteiger partial charge in [0.1, 0.15) is 5.60 Å². The van der Waals surface area contributed by atoms with E-state index in [-0.39, 0.29) is 6.09 Å². The highest BCUT2D eigenvalue weighted by Gasteiger charge is 2.27. The number of benzene rings is 1. The Balaban J connectivity index is 1.63. The summed E-state index contributed by atoms with van der Waals surface area (Å²) >= 11 is 0. The second kappa shape index (κ2) is 6.70. The van der Waals surface area contributed by atoms with Crippen molar-refractivity contribution in [3.8, 4) is 0 Å². The van der Waals surface area contributed by atoms with Gasteiger partial charge in [-0.15, -0.1) is 0 Å². The Morgan fingerprint density at radius 2 is 2.00 bits per heavy atom. The van der Waals surface area contributed by atoms with Gasteiger partial charge in [-0.25, -0.2) is 14.8 Å². The number of carbonyl (C=O) groups excluding carboxylic acids is 1. The molecule has 2 heterocycles. The molecule has 1 amide bonds. The minimum Gasteiger partial charge on any atom is -0.444 e. The number of aromatic nitrogens is 2. The number of ether oxygens (including phenoxy) is 1. The molecule has 6 heteroatoms. The Labute approximate surface area is 148 Å². The van der Waals surface area contributed by atoms with E-state index in [4.69, 9.17) is 4.74 Å². The lowest BCUT2D eigenvalue weighted by Gasteiger charge is -2.24. The van der Waals surface area contributed by atoms with Crippen LogP contribution in [0.15, 0.2) is 30.5 Å². The van der Waals surface area contributed by atoms with Crippen LogP contribution in [-0.2, 0) is 24.4 Å². The van der Waals surface area contributed by atoms with E-state index in [0.717, 1.165) is 16.8 Å². The topological polar surface area (TPSA) is 67.4 Å². The summed E-state index contributed by atoms with van der Waals surface area (Å²) in [4.78, 5) is 22.5. The van der Waals surface area contributed by atoms with Crippen molar-refractivity contribution >= 4 is 12.0 Å². The average molecular weight is 340 g/mol. The Bertz CT molecular complexity index is 783. The maximum Gasteiger partial charge on any atom is 0.410 e. The lowest BCUT2D eigenvalue weighted by Crippen LogP contribution is -2.33. The van der Waals surface area contributed by atoms with Crippen LogP contribution in [0.2, 0.25) is 0 Å². The Hall–Kier alpha value is -2.63. The summed E-state index contributed by atoms with van der Waals surface area (Å²) in [7, 11) is 0. The quantitative estimate of drug-likeness (QED) is 0.924. The maximum absolute atomic E-state index is 12.2. The second-order valence-corrected chi connectivity index (χ2v) is 7.31. The molecule has 0 bridgehead atoms. The van der Waals surface area contributed by atoms with Gasteiger partial charge in [0.05, 0.1) is 0 Å². The second-order valence-electron chi connectivity index (χ2n) is 7.31. The minimum atomic E-state index is -0.477. The van der Waals surface area contributed by atoms with Crippen LogP contribution in [-0.4, -0.2) is 26.6 Å². The van der Waals surface area contributed by atoms with Crippen LogP contribution in [0.1, 0.15) is 43.2 Å². The molecule has 132 valence electrons. The molecule has 1 aliphatic heterocycles. The van der Waals surface area contributed by atoms with E-state index in [1.807, 2.05) is 33.8 Å². The molecule has 1 aromatic carbocycles. The molecular formula is C19H24N4O2. The number of hydrogen-bond donors (Lipinski definition) is 1. The van der Waals surface area contributed by atoms with E-state index in [1.165, 1.54) is 5.56 Å². The van der Waals surface area contributed by atoms with Gasteiger partial charge in [0, 0.05) is 31.5 Å². The van der Waals surface area contributed by atoms with Gasteiger partial charge < -0.3 is 10.1 Å². The lowest BCUT2D eigenvalue weighted by atomic mass is 10.1. The normalized spacial score (nSPS) is 13.5. The maximum atomic E-state index is 12.2. The number of hydrogen-bond acceptors (Lipinski definition) is 5. The third-order valence-electron chi connectivity index (χ3n) is 3.89. The molecule has 1 aliphatic rings. The first-order valence-corrected chi connectivity index (χ1v) is 8.42. The smallest absolute Gasteiger partial charge is 0.410 e. The number of fused-ring (bicyclic) bond motifs is 1. The van der Waals surface area contributed by atoms with Gasteiger partial charge in [-0.1, -0.05) is 18.2 Å². The van der Waals surface area contributed by atoms with Crippen molar-refractivity contribution in [2.75, 3.05) is 5.32 Å². The predicted octanol–water partition coefficient (Wildman–Crippen LogP) is 3.65. The number of amides is 1. The minimum absolute atomic E-state index is 0.267. The fourth-order valence-corrected chi connectivity index (χ4v) is 2.73. The standard InChI is InChI=1S/C19H24N4O2/c1-13-7-8-20-17(22-13)21-10-14-5-6-15-11-23(12-16(15)9-14)18(24)25-19(2,3)4/h5-9H,10-12H2,1-4H3,(H,20,21,22). The number of aryl methyl sites for hydroxylation is 1. The van der Waals surface area contributed by atoms with Gasteiger partial charge in [0.2, 0.25) is 5.95 Å². The van der Waals surface area contributed by atoms with Crippen LogP contribution in [0.3, 0.4) is 0 Å². The van der Waals surface area contributed by atoms with Crippen LogP contribution in [0, 0.1) is 6.92 Å². The van der Waals surface area contributed by atoms with E-state index in [0.29, 0.717) is 25.6 Å². The number of rotatable bonds is 3. The number of carbonyl (C=O) groups is 1. The predicted molar refractivity (Wildman–Crippen MR) is 96.0 cm³/mol. The van der Waals surface area contributed by atoms with Crippen LogP contribution < -0.4 is 5.32 Å². The molecule has 25 heavy (non-hydrogen) atoms. The van der Waals surface area contributed by atoms with E-state index in [9.17, 15) is 4.79 Å². The molecule has 0 fully saturated rings. The highest BCUT2D eigenvalue weighted by Crippen LogP contribution is 2.25. The summed E-state index contributed by atoms with van der Waals surface area (Å²) in [5, 5.41) is 3.23. The molecule has 2 aromatic rings. The summed E-state index contributed by atoms with van der Waals surface area (Å²) in [6.07, 6.45) is 1.48. The molecule has 0 saturated carbocycles. The molecule has 0 radical (unpaired) electrons. The fraction of sp³-hybridized carbons (Fsp3) is 0.421. The van der Waals surface area contributed by atoms with Crippen molar-refractivity contribution in [2.45, 2.75) is 52.9 Å². The third kappa shape index (κ3) is 4.47. The van der Waals surface area contributed by atoms with Gasteiger partial charge in [-0.2, -0.15) is 0 Å². The average Bonchev–Trinajstić information content (AvgIpc) is 2.95. The molecular weight excluding hydrogens is 316 g/mol. The SMILES string of the molecule is Cc1ccnc(NCc2ccc3c(c2)CN(C(=O)OC(C)(C)C)C3)n1. The highest BCUT2D eigenvalue weighted by atomic mass is 16.6. The van der Waals surface area contributed by atoms with E-state index in [2.05, 4.69) is 33.5 Å². The Morgan fingerprint density at radius 3 is 2.72 bits per heavy atom. The van der Waals surface area contributed by atoms with Crippen molar-refractivity contribution in [2.24, 2.45) is 0 Å². The summed E-state index contributed by atoms with van der Waals surface area (Å²) in [5.74, 6) is 0.621. The van der Waals surface area contributed by atoms with Crippen LogP contribution in [0.4, 0.5) is 10.7 Å². The zero-order valence-corrected chi connectivity index (χ0v) is 15.2. The zero-order chi connectivity index (χ0) is 18.0. The Kier molecular flexibility index (Phi) is 4.61. The van der Waals surface area contributed by atoms with Gasteiger partial charge in [-0.3, -0.25) is 4.90 Å². The zero-order valence-electron chi connectivity index (χ0n) is 15.2. The van der Waals surface area contributed by atoms with Crippen molar-refractivity contribution < 1.29 is 9.53 Å². The molecule has 3 rings (SSSR count). The first-order valence-electron chi connectivity index (χ1n) is 8.42. The van der Waals surface area contributed by atoms with Crippen molar-refractivity contribution in [3.05, 3.63) is 52.8 Å². The van der Waals surface area contributed by atoms with E-state index >= 15 is 0 Å². The fourth-order valence-electron chi connectivity index (χ4n) is 2.73. The van der Waals surface area contributed by atoms with Gasteiger partial charge >= 0.3 is 6.09 Å². The summed E-state index contributed by atoms with van der Waals surface area (Å²) in [5.41, 5.74) is 3.92. The lowest BCUT2D eigenvalue weighted by molar-refractivity contribution is 0.0242. The van der Waals surface area contributed by atoms with Crippen molar-refractivity contribution in [1.29, 1.82) is 0 Å². The van der Waals surface area contributed by atoms with Crippen molar-refractivity contribution in [3.63, 3.8) is 0 Å². The van der Waals surface area contributed by atoms with Crippen LogP contribution in [0.25, 0.3) is 0 Å². The summed E-state index contributed by atoms with van der Waals surface area (Å²) in [6.45, 7) is 9.40. The van der Waals surface area contributed by atoms with Gasteiger partial charge in [0.15, 0.2) is 0 Å². The molecule has 0 spiro atoms. The molecule has 6 nitrogen and oxygen atoms in total. The summed E-state index contributed by atoms with van der Waals surface area (Å²) < 4.78 is 5.46. The largest absolute Gasteiger partial charge is 0.444 e. The molecule has 0 aliphatic carbocycles. The number of anilines is 1. The molecule has 1 N–H and O–H groups in total. The first-order chi connectivity index (χ1) is 11.8. The molecule has 0 atom stereocenters. The highest BCUT2D eigenvalue weighted by molar-refractivity contribution is 5.69. The Morgan fingerprint density at radius 1 is 1.24 bits per heavy atom. The molecule has 0 saturated heterocycles. The monoisotopic (exact) mass is 340 g/mol. The summed E-state index contributed by atoms with van der Waals surface area (Å²) in [6, 6.07) is 8.14. The molecule has 0 unspecified atom stereocenters. The van der Waals surface area contributed by atoms with Crippen LogP contribution >= 0.6 is 0 Å². The van der Waals surface area contributed by atoms with Crippen LogP contribution in [0.5, 0.6) is 0 Å².